The number of benzene rings is 2. The highest BCUT2D eigenvalue weighted by Gasteiger charge is 2.09. The summed E-state index contributed by atoms with van der Waals surface area (Å²) in [6, 6.07) is 13.3. The number of hydrogen-bond acceptors (Lipinski definition) is 3. The lowest BCUT2D eigenvalue weighted by atomic mass is 10.1. The summed E-state index contributed by atoms with van der Waals surface area (Å²) in [6.45, 7) is 0. The molecule has 0 fully saturated rings. The van der Waals surface area contributed by atoms with Gasteiger partial charge in [0.25, 0.3) is 0 Å². The van der Waals surface area contributed by atoms with E-state index in [1.165, 1.54) is 12.1 Å². The highest BCUT2D eigenvalue weighted by molar-refractivity contribution is 5.75. The van der Waals surface area contributed by atoms with Gasteiger partial charge in [0, 0.05) is 12.7 Å². The fourth-order valence-corrected chi connectivity index (χ4v) is 1.73. The first-order chi connectivity index (χ1) is 8.61. The third-order valence-electron chi connectivity index (χ3n) is 2.72. The minimum absolute atomic E-state index is 0.311. The first-order valence-electron chi connectivity index (χ1n) is 5.41. The van der Waals surface area contributed by atoms with E-state index in [0.717, 1.165) is 0 Å². The largest absolute Gasteiger partial charge is 0.397 e. The van der Waals surface area contributed by atoms with Gasteiger partial charge in [-0.3, -0.25) is 0 Å². The van der Waals surface area contributed by atoms with Gasteiger partial charge in [0.05, 0.1) is 23.0 Å². The Labute approximate surface area is 105 Å². The standard InChI is InChI=1S/C14H12FN3/c1-18(12-4-2-3-11(15)8-12)14-7-10(9-16)5-6-13(14)17/h2-8H,17H2,1H3. The van der Waals surface area contributed by atoms with Gasteiger partial charge in [-0.15, -0.1) is 0 Å². The Bertz CT molecular complexity index is 617. The summed E-state index contributed by atoms with van der Waals surface area (Å²) in [5.41, 5.74) is 8.29. The van der Waals surface area contributed by atoms with Crippen LogP contribution in [-0.4, -0.2) is 7.05 Å². The number of halogens is 1. The van der Waals surface area contributed by atoms with Gasteiger partial charge < -0.3 is 10.6 Å². The van der Waals surface area contributed by atoms with Crippen LogP contribution in [0, 0.1) is 17.1 Å². The zero-order valence-corrected chi connectivity index (χ0v) is 9.89. The second-order valence-corrected chi connectivity index (χ2v) is 3.92. The van der Waals surface area contributed by atoms with Crippen LogP contribution in [-0.2, 0) is 0 Å². The molecular weight excluding hydrogens is 229 g/mol. The number of nitrogens with zero attached hydrogens (tertiary/aromatic N) is 2. The van der Waals surface area contributed by atoms with Crippen LogP contribution in [0.3, 0.4) is 0 Å². The molecule has 0 aliphatic carbocycles. The fourth-order valence-electron chi connectivity index (χ4n) is 1.73. The maximum absolute atomic E-state index is 13.2. The number of hydrogen-bond donors (Lipinski definition) is 1. The first kappa shape index (κ1) is 11.9. The van der Waals surface area contributed by atoms with E-state index in [1.54, 1.807) is 42.3 Å². The van der Waals surface area contributed by atoms with Crippen LogP contribution in [0.2, 0.25) is 0 Å². The molecule has 0 unspecified atom stereocenters. The molecule has 0 aromatic heterocycles. The lowest BCUT2D eigenvalue weighted by Crippen LogP contribution is -2.12. The second-order valence-electron chi connectivity index (χ2n) is 3.92. The molecule has 0 atom stereocenters. The Balaban J connectivity index is 2.46. The van der Waals surface area contributed by atoms with Crippen molar-refractivity contribution in [2.45, 2.75) is 0 Å². The Morgan fingerprint density at radius 1 is 1.22 bits per heavy atom. The maximum Gasteiger partial charge on any atom is 0.125 e. The van der Waals surface area contributed by atoms with E-state index >= 15 is 0 Å². The number of nitrogens with two attached hydrogens (primary N) is 1. The smallest absolute Gasteiger partial charge is 0.125 e. The van der Waals surface area contributed by atoms with Crippen molar-refractivity contribution >= 4 is 17.1 Å². The van der Waals surface area contributed by atoms with Gasteiger partial charge in [-0.2, -0.15) is 5.26 Å². The summed E-state index contributed by atoms with van der Waals surface area (Å²) in [7, 11) is 1.78. The maximum atomic E-state index is 13.2. The fraction of sp³-hybridized carbons (Fsp3) is 0.0714. The number of nitrogen functional groups attached to an aromatic ring is 1. The van der Waals surface area contributed by atoms with Crippen LogP contribution >= 0.6 is 0 Å². The van der Waals surface area contributed by atoms with Gasteiger partial charge in [0.2, 0.25) is 0 Å². The molecule has 2 N–H and O–H groups in total. The highest BCUT2D eigenvalue weighted by atomic mass is 19.1. The Morgan fingerprint density at radius 3 is 2.67 bits per heavy atom. The highest BCUT2D eigenvalue weighted by Crippen LogP contribution is 2.29. The van der Waals surface area contributed by atoms with Crippen LogP contribution in [0.1, 0.15) is 5.56 Å². The van der Waals surface area contributed by atoms with Crippen molar-refractivity contribution in [1.82, 2.24) is 0 Å². The SMILES string of the molecule is CN(c1cccc(F)c1)c1cc(C#N)ccc1N. The molecule has 90 valence electrons. The van der Waals surface area contributed by atoms with Crippen molar-refractivity contribution in [3.05, 3.63) is 53.8 Å². The lowest BCUT2D eigenvalue weighted by Gasteiger charge is -2.21. The molecule has 2 aromatic carbocycles. The van der Waals surface area contributed by atoms with Gasteiger partial charge in [-0.05, 0) is 36.4 Å². The summed E-state index contributed by atoms with van der Waals surface area (Å²) >= 11 is 0. The Kier molecular flexibility index (Phi) is 3.16. The van der Waals surface area contributed by atoms with E-state index in [4.69, 9.17) is 11.0 Å². The topological polar surface area (TPSA) is 53.0 Å². The van der Waals surface area contributed by atoms with Crippen LogP contribution in [0.25, 0.3) is 0 Å². The van der Waals surface area contributed by atoms with Crippen molar-refractivity contribution < 1.29 is 4.39 Å². The van der Waals surface area contributed by atoms with E-state index in [9.17, 15) is 4.39 Å². The molecule has 0 amide bonds. The van der Waals surface area contributed by atoms with Crippen molar-refractivity contribution in [1.29, 1.82) is 5.26 Å². The minimum Gasteiger partial charge on any atom is -0.397 e. The predicted molar refractivity (Wildman–Crippen MR) is 70.0 cm³/mol. The molecule has 0 saturated carbocycles. The second kappa shape index (κ2) is 4.76. The van der Waals surface area contributed by atoms with E-state index in [1.807, 2.05) is 0 Å². The molecule has 2 rings (SSSR count). The normalized spacial score (nSPS) is 9.83. The summed E-state index contributed by atoms with van der Waals surface area (Å²) in [4.78, 5) is 1.75. The van der Waals surface area contributed by atoms with Crippen molar-refractivity contribution in [3.63, 3.8) is 0 Å². The zero-order valence-electron chi connectivity index (χ0n) is 9.89. The number of rotatable bonds is 2. The molecule has 18 heavy (non-hydrogen) atoms. The van der Waals surface area contributed by atoms with E-state index in [2.05, 4.69) is 6.07 Å². The molecule has 0 spiro atoms. The van der Waals surface area contributed by atoms with Crippen LogP contribution in [0.4, 0.5) is 21.5 Å². The monoisotopic (exact) mass is 241 g/mol. The van der Waals surface area contributed by atoms with Gasteiger partial charge in [-0.1, -0.05) is 6.07 Å². The minimum atomic E-state index is -0.311. The first-order valence-corrected chi connectivity index (χ1v) is 5.41. The number of nitriles is 1. The van der Waals surface area contributed by atoms with Crippen molar-refractivity contribution in [3.8, 4) is 6.07 Å². The third kappa shape index (κ3) is 2.25. The van der Waals surface area contributed by atoms with Crippen molar-refractivity contribution in [2.75, 3.05) is 17.7 Å². The molecule has 0 aliphatic rings. The van der Waals surface area contributed by atoms with Crippen LogP contribution in [0.5, 0.6) is 0 Å². The van der Waals surface area contributed by atoms with Crippen LogP contribution in [0.15, 0.2) is 42.5 Å². The lowest BCUT2D eigenvalue weighted by molar-refractivity contribution is 0.628. The molecule has 3 nitrogen and oxygen atoms in total. The molecule has 0 saturated heterocycles. The van der Waals surface area contributed by atoms with Crippen molar-refractivity contribution in [2.24, 2.45) is 0 Å². The third-order valence-corrected chi connectivity index (χ3v) is 2.72. The van der Waals surface area contributed by atoms with E-state index < -0.39 is 0 Å². The molecule has 0 bridgehead atoms. The number of anilines is 3. The summed E-state index contributed by atoms with van der Waals surface area (Å²) in [6.07, 6.45) is 0. The molecule has 0 heterocycles. The van der Waals surface area contributed by atoms with Gasteiger partial charge in [0.1, 0.15) is 5.82 Å². The molecular formula is C14H12FN3. The summed E-state index contributed by atoms with van der Waals surface area (Å²) in [5, 5.41) is 8.88. The Morgan fingerprint density at radius 2 is 2.00 bits per heavy atom. The molecule has 2 aromatic rings. The average Bonchev–Trinajstić information content (AvgIpc) is 2.38. The molecule has 0 aliphatic heterocycles. The zero-order chi connectivity index (χ0) is 13.1. The molecule has 0 radical (unpaired) electrons. The molecule has 4 heteroatoms. The Hall–Kier alpha value is -2.54. The summed E-state index contributed by atoms with van der Waals surface area (Å²) < 4.78 is 13.2. The van der Waals surface area contributed by atoms with Gasteiger partial charge in [0.15, 0.2) is 0 Å². The quantitative estimate of drug-likeness (QED) is 0.822. The average molecular weight is 241 g/mol. The van der Waals surface area contributed by atoms with Gasteiger partial charge in [-0.25, -0.2) is 4.39 Å². The van der Waals surface area contributed by atoms with Crippen LogP contribution < -0.4 is 10.6 Å². The predicted octanol–water partition coefficient (Wildman–Crippen LogP) is 3.05. The van der Waals surface area contributed by atoms with E-state index in [-0.39, 0.29) is 5.82 Å². The van der Waals surface area contributed by atoms with E-state index in [0.29, 0.717) is 22.6 Å². The van der Waals surface area contributed by atoms with Gasteiger partial charge >= 0.3 is 0 Å². The summed E-state index contributed by atoms with van der Waals surface area (Å²) in [5.74, 6) is -0.311.